The molecule has 5 amide bonds. The fourth-order valence-corrected chi connectivity index (χ4v) is 14.7. The molecule has 2 saturated carbocycles. The van der Waals surface area contributed by atoms with Gasteiger partial charge in [-0.2, -0.15) is 0 Å². The van der Waals surface area contributed by atoms with Gasteiger partial charge in [-0.1, -0.05) is 30.7 Å². The number of likely N-dealkylation sites (tertiary alicyclic amines) is 2. The number of nitrogens with zero attached hydrogens (tertiary/aromatic N) is 8. The first-order valence-corrected chi connectivity index (χ1v) is 28.2. The van der Waals surface area contributed by atoms with Crippen LogP contribution in [-0.2, 0) is 29.4 Å². The number of aromatic nitrogens is 3. The summed E-state index contributed by atoms with van der Waals surface area (Å²) in [6, 6.07) is 18.4. The van der Waals surface area contributed by atoms with Crippen LogP contribution >= 0.6 is 0 Å². The highest BCUT2D eigenvalue weighted by Gasteiger charge is 2.57. The number of imide groups is 1. The van der Waals surface area contributed by atoms with Gasteiger partial charge in [-0.15, -0.1) is 0 Å². The zero-order chi connectivity index (χ0) is 49.7. The molecule has 15 nitrogen and oxygen atoms in total. The van der Waals surface area contributed by atoms with E-state index < -0.39 is 5.41 Å². The highest BCUT2D eigenvalue weighted by atomic mass is 16.2. The quantitative estimate of drug-likeness (QED) is 0.151. The van der Waals surface area contributed by atoms with E-state index in [9.17, 15) is 19.2 Å². The van der Waals surface area contributed by atoms with Crippen LogP contribution in [0.3, 0.4) is 0 Å². The van der Waals surface area contributed by atoms with Crippen LogP contribution in [0.15, 0.2) is 54.9 Å². The molecule has 0 radical (unpaired) electrons. The molecule has 15 heteroatoms. The predicted molar refractivity (Wildman–Crippen MR) is 280 cm³/mol. The van der Waals surface area contributed by atoms with E-state index >= 15 is 4.79 Å². The molecule has 384 valence electrons. The lowest BCUT2D eigenvalue weighted by molar-refractivity contribution is -0.148. The zero-order valence-corrected chi connectivity index (χ0v) is 42.8. The number of fused-ring (bicyclic) bond motifs is 5. The third-order valence-electron chi connectivity index (χ3n) is 19.1. The molecule has 7 aliphatic heterocycles. The molecule has 8 fully saturated rings. The number of anilines is 3. The van der Waals surface area contributed by atoms with Gasteiger partial charge in [-0.25, -0.2) is 9.97 Å². The first-order chi connectivity index (χ1) is 35.5. The highest BCUT2D eigenvalue weighted by Crippen LogP contribution is 2.53. The third kappa shape index (κ3) is 8.30. The maximum Gasteiger partial charge on any atom is 0.238 e. The van der Waals surface area contributed by atoms with Crippen molar-refractivity contribution in [1.29, 1.82) is 0 Å². The molecule has 2 aromatic heterocycles. The average Bonchev–Trinajstić information content (AvgIpc) is 3.98. The van der Waals surface area contributed by atoms with Crippen LogP contribution < -0.4 is 20.4 Å². The van der Waals surface area contributed by atoms with Crippen molar-refractivity contribution in [3.8, 4) is 11.3 Å². The molecule has 9 heterocycles. The predicted octanol–water partition coefficient (Wildman–Crippen LogP) is 7.68. The molecule has 2 N–H and O–H groups in total. The summed E-state index contributed by atoms with van der Waals surface area (Å²) in [7, 11) is 0. The Bertz CT molecular complexity index is 2820. The fourth-order valence-electron chi connectivity index (χ4n) is 14.7. The summed E-state index contributed by atoms with van der Waals surface area (Å²) in [6.07, 6.45) is 17.1. The number of carbonyl (C=O) groups is 5. The molecule has 2 aromatic carbocycles. The van der Waals surface area contributed by atoms with E-state index in [1.165, 1.54) is 19.3 Å². The molecule has 2 bridgehead atoms. The van der Waals surface area contributed by atoms with Crippen LogP contribution in [0.2, 0.25) is 0 Å². The van der Waals surface area contributed by atoms with E-state index in [1.807, 2.05) is 18.5 Å². The molecule has 73 heavy (non-hydrogen) atoms. The van der Waals surface area contributed by atoms with Crippen LogP contribution in [0.5, 0.6) is 0 Å². The van der Waals surface area contributed by atoms with Gasteiger partial charge in [-0.05, 0) is 159 Å². The summed E-state index contributed by atoms with van der Waals surface area (Å²) < 4.78 is 2.20. The lowest BCUT2D eigenvalue weighted by atomic mass is 9.73. The van der Waals surface area contributed by atoms with Gasteiger partial charge in [0.15, 0.2) is 5.82 Å². The summed E-state index contributed by atoms with van der Waals surface area (Å²) >= 11 is 0. The van der Waals surface area contributed by atoms with E-state index in [-0.39, 0.29) is 71.5 Å². The van der Waals surface area contributed by atoms with Crippen molar-refractivity contribution in [2.45, 2.75) is 171 Å². The van der Waals surface area contributed by atoms with Gasteiger partial charge in [0.05, 0.1) is 28.9 Å². The second kappa shape index (κ2) is 18.5. The number of benzene rings is 2. The van der Waals surface area contributed by atoms with Gasteiger partial charge in [0.25, 0.3) is 0 Å². The van der Waals surface area contributed by atoms with E-state index in [0.29, 0.717) is 63.7 Å². The van der Waals surface area contributed by atoms with Crippen LogP contribution in [0.25, 0.3) is 22.3 Å². The number of piperidine rings is 5. The molecule has 2 unspecified atom stereocenters. The van der Waals surface area contributed by atoms with Crippen molar-refractivity contribution in [2.75, 3.05) is 54.4 Å². The average molecular weight is 989 g/mol. The molecule has 4 aromatic rings. The van der Waals surface area contributed by atoms with Gasteiger partial charge >= 0.3 is 0 Å². The van der Waals surface area contributed by atoms with Gasteiger partial charge in [0.2, 0.25) is 29.5 Å². The second-order valence-electron chi connectivity index (χ2n) is 23.7. The number of hydrogen-bond donors (Lipinski definition) is 2. The van der Waals surface area contributed by atoms with Crippen LogP contribution in [0, 0.1) is 11.8 Å². The maximum absolute atomic E-state index is 15.3. The van der Waals surface area contributed by atoms with Crippen molar-refractivity contribution >= 4 is 57.8 Å². The first kappa shape index (κ1) is 46.9. The van der Waals surface area contributed by atoms with Crippen molar-refractivity contribution in [3.63, 3.8) is 0 Å². The lowest BCUT2D eigenvalue weighted by Crippen LogP contribution is -2.59. The largest absolute Gasteiger partial charge is 0.371 e. The van der Waals surface area contributed by atoms with E-state index in [1.54, 1.807) is 0 Å². The number of pyridine rings is 1. The number of nitrogens with one attached hydrogen (secondary N) is 2. The third-order valence-corrected chi connectivity index (χ3v) is 19.1. The Morgan fingerprint density at radius 2 is 1.47 bits per heavy atom. The summed E-state index contributed by atoms with van der Waals surface area (Å²) in [4.78, 5) is 89.9. The van der Waals surface area contributed by atoms with E-state index in [4.69, 9.17) is 9.97 Å². The normalized spacial score (nSPS) is 28.5. The Hall–Kier alpha value is -5.83. The zero-order valence-electron chi connectivity index (χ0n) is 42.8. The molecular formula is C58H72N10O5. The van der Waals surface area contributed by atoms with Gasteiger partial charge in [-0.3, -0.25) is 29.3 Å². The molecule has 6 saturated heterocycles. The maximum atomic E-state index is 15.3. The van der Waals surface area contributed by atoms with Crippen molar-refractivity contribution in [3.05, 3.63) is 66.0 Å². The summed E-state index contributed by atoms with van der Waals surface area (Å²) in [5.41, 5.74) is 7.29. The Labute approximate surface area is 428 Å². The Morgan fingerprint density at radius 1 is 0.740 bits per heavy atom. The van der Waals surface area contributed by atoms with Crippen molar-refractivity contribution in [1.82, 2.24) is 34.6 Å². The van der Waals surface area contributed by atoms with Gasteiger partial charge in [0.1, 0.15) is 5.52 Å². The molecule has 2 aliphatic carbocycles. The fraction of sp³-hybridized carbons (Fsp3) is 0.603. The lowest BCUT2D eigenvalue weighted by Gasteiger charge is -2.48. The molecular weight excluding hydrogens is 917 g/mol. The minimum absolute atomic E-state index is 0.0259. The Morgan fingerprint density at radius 3 is 2.15 bits per heavy atom. The monoisotopic (exact) mass is 989 g/mol. The molecule has 13 rings (SSSR count). The van der Waals surface area contributed by atoms with Crippen molar-refractivity contribution in [2.24, 2.45) is 11.8 Å². The van der Waals surface area contributed by atoms with Gasteiger partial charge in [0, 0.05) is 97.6 Å². The second-order valence-corrected chi connectivity index (χ2v) is 23.7. The van der Waals surface area contributed by atoms with Gasteiger partial charge < -0.3 is 34.4 Å². The Kier molecular flexibility index (Phi) is 11.9. The van der Waals surface area contributed by atoms with Crippen molar-refractivity contribution < 1.29 is 24.0 Å². The van der Waals surface area contributed by atoms with E-state index in [2.05, 4.69) is 89.9 Å². The van der Waals surface area contributed by atoms with Crippen LogP contribution in [-0.4, -0.2) is 128 Å². The van der Waals surface area contributed by atoms with Crippen LogP contribution in [0.1, 0.15) is 146 Å². The molecule has 1 spiro atoms. The number of imidazole rings is 1. The summed E-state index contributed by atoms with van der Waals surface area (Å²) in [5.74, 6) is 0.693. The number of rotatable bonds is 10. The minimum atomic E-state index is -0.670. The molecule has 4 atom stereocenters. The van der Waals surface area contributed by atoms with Crippen LogP contribution in [0.4, 0.5) is 17.2 Å². The Balaban J connectivity index is 0.678. The smallest absolute Gasteiger partial charge is 0.238 e. The summed E-state index contributed by atoms with van der Waals surface area (Å²) in [5, 5.41) is 6.18. The SMILES string of the molecule is CC(C)n1cnc2cc(-c3ccc4c(c3)N(C3CC(N5CCCCC5)C3)C(=O)C43CCN(C(=O)C4C[C@H]5CC[C@@H](C4)N5C(=O)C4CCN(c5ccc(C6CCC(=O)NC6=O)cc5)CC4)CC3)nc(NC3CC3)c21. The molecule has 9 aliphatic rings. The van der Waals surface area contributed by atoms with E-state index in [0.717, 1.165) is 128 Å². The number of carbonyl (C=O) groups excluding carboxylic acids is 5. The highest BCUT2D eigenvalue weighted by molar-refractivity contribution is 6.09. The number of amides is 5. The standard InChI is InChI=1S/C58H72N10O5/c1-35(2)66-34-59-49-33-48(61-53(52(49)66)60-40-9-10-40)38-8-16-47-50(30-38)68(45-31-44(32-45)63-22-4-3-5-23-63)57(73)58(47)20-26-65(27-21-58)55(71)39-28-42-13-14-43(29-39)67(42)56(72)37-18-24-64(25-19-37)41-11-6-36(7-12-41)46-15-17-51(69)62-54(46)70/h6-8,11-12,16,30,33-35,37,39-40,42-46H,3-5,9-10,13-15,17-29,31-32H2,1-2H3,(H,60,61)(H,62,69,70)/t39?,42-,43+,44?,45?,46?. The number of hydrogen-bond acceptors (Lipinski definition) is 10. The summed E-state index contributed by atoms with van der Waals surface area (Å²) in [6.45, 7) is 9.36. The first-order valence-electron chi connectivity index (χ1n) is 28.2. The minimum Gasteiger partial charge on any atom is -0.371 e. The topological polar surface area (TPSA) is 156 Å².